The Labute approximate surface area is 122 Å². The summed E-state index contributed by atoms with van der Waals surface area (Å²) in [6, 6.07) is 6.44. The molecule has 4 nitrogen and oxygen atoms in total. The maximum Gasteiger partial charge on any atom is 0.239 e. The van der Waals surface area contributed by atoms with Crippen molar-refractivity contribution in [3.05, 3.63) is 47.7 Å². The average molecular weight is 293 g/mol. The van der Waals surface area contributed by atoms with Gasteiger partial charge in [-0.3, -0.25) is 0 Å². The second-order valence-corrected chi connectivity index (χ2v) is 5.06. The molecule has 0 atom stereocenters. The Morgan fingerprint density at radius 1 is 1.14 bits per heavy atom. The second kappa shape index (κ2) is 7.08. The van der Waals surface area contributed by atoms with Crippen molar-refractivity contribution in [2.45, 2.75) is 20.4 Å². The van der Waals surface area contributed by atoms with Crippen molar-refractivity contribution in [2.24, 2.45) is 5.92 Å². The molecule has 0 radical (unpaired) electrons. The van der Waals surface area contributed by atoms with Crippen molar-refractivity contribution in [1.29, 1.82) is 0 Å². The fraction of sp³-hybridized carbons (Fsp3) is 0.333. The van der Waals surface area contributed by atoms with E-state index in [2.05, 4.69) is 29.4 Å². The summed E-state index contributed by atoms with van der Waals surface area (Å²) in [6.45, 7) is 5.73. The predicted molar refractivity (Wildman–Crippen MR) is 75.0 cm³/mol. The van der Waals surface area contributed by atoms with Crippen LogP contribution in [-0.2, 0) is 6.54 Å². The lowest BCUT2D eigenvalue weighted by Gasteiger charge is -2.08. The molecular formula is C15H17F2N3O. The summed E-state index contributed by atoms with van der Waals surface area (Å²) < 4.78 is 31.4. The average Bonchev–Trinajstić information content (AvgIpc) is 2.43. The highest BCUT2D eigenvalue weighted by atomic mass is 19.1. The van der Waals surface area contributed by atoms with Crippen LogP contribution in [-0.4, -0.2) is 16.7 Å². The molecular weight excluding hydrogens is 276 g/mol. The van der Waals surface area contributed by atoms with Gasteiger partial charge in [-0.2, -0.15) is 5.10 Å². The molecule has 0 spiro atoms. The number of nitrogens with zero attached hydrogens (tertiary/aromatic N) is 2. The number of benzene rings is 1. The summed E-state index contributed by atoms with van der Waals surface area (Å²) >= 11 is 0. The van der Waals surface area contributed by atoms with E-state index in [9.17, 15) is 8.78 Å². The zero-order valence-corrected chi connectivity index (χ0v) is 11.9. The van der Waals surface area contributed by atoms with Gasteiger partial charge in [0.25, 0.3) is 0 Å². The Balaban J connectivity index is 1.95. The Bertz CT molecular complexity index is 588. The van der Waals surface area contributed by atoms with Gasteiger partial charge in [0.15, 0.2) is 11.6 Å². The highest BCUT2D eigenvalue weighted by molar-refractivity contribution is 5.28. The van der Waals surface area contributed by atoms with Crippen molar-refractivity contribution in [2.75, 3.05) is 6.54 Å². The highest BCUT2D eigenvalue weighted by Crippen LogP contribution is 2.22. The standard InChI is InChI=1S/C15H17F2N3O/c1-10(2)8-18-9-12-4-6-15(20-19-12)21-14-5-3-11(16)7-13(14)17/h3-7,10,18H,8-9H2,1-2H3. The number of halogens is 2. The molecule has 0 saturated heterocycles. The topological polar surface area (TPSA) is 47.0 Å². The largest absolute Gasteiger partial charge is 0.434 e. The summed E-state index contributed by atoms with van der Waals surface area (Å²) in [5.74, 6) is -0.802. The van der Waals surface area contributed by atoms with Crippen LogP contribution in [0, 0.1) is 17.6 Å². The van der Waals surface area contributed by atoms with Gasteiger partial charge < -0.3 is 10.1 Å². The third-order valence-electron chi connectivity index (χ3n) is 2.66. The Kier molecular flexibility index (Phi) is 5.16. The number of nitrogens with one attached hydrogen (secondary N) is 1. The Hall–Kier alpha value is -2.08. The molecule has 0 amide bonds. The van der Waals surface area contributed by atoms with Crippen LogP contribution in [0.4, 0.5) is 8.78 Å². The first kappa shape index (κ1) is 15.3. The fourth-order valence-electron chi connectivity index (χ4n) is 1.66. The van der Waals surface area contributed by atoms with E-state index in [1.807, 2.05) is 0 Å². The van der Waals surface area contributed by atoms with E-state index in [4.69, 9.17) is 4.74 Å². The van der Waals surface area contributed by atoms with E-state index in [-0.39, 0.29) is 11.6 Å². The van der Waals surface area contributed by atoms with Crippen LogP contribution in [0.25, 0.3) is 0 Å². The third-order valence-corrected chi connectivity index (χ3v) is 2.66. The van der Waals surface area contributed by atoms with Crippen LogP contribution in [0.5, 0.6) is 11.6 Å². The molecule has 0 saturated carbocycles. The fourth-order valence-corrected chi connectivity index (χ4v) is 1.66. The van der Waals surface area contributed by atoms with Crippen LogP contribution in [0.1, 0.15) is 19.5 Å². The number of aromatic nitrogens is 2. The van der Waals surface area contributed by atoms with Crippen molar-refractivity contribution < 1.29 is 13.5 Å². The molecule has 0 bridgehead atoms. The minimum atomic E-state index is -0.778. The molecule has 2 aromatic rings. The molecule has 1 aromatic heterocycles. The van der Waals surface area contributed by atoms with Gasteiger partial charge >= 0.3 is 0 Å². The second-order valence-electron chi connectivity index (χ2n) is 5.06. The molecule has 0 aliphatic carbocycles. The molecule has 0 unspecified atom stereocenters. The van der Waals surface area contributed by atoms with E-state index >= 15 is 0 Å². The van der Waals surface area contributed by atoms with Crippen LogP contribution in [0.3, 0.4) is 0 Å². The maximum atomic E-state index is 13.4. The molecule has 0 fully saturated rings. The normalized spacial score (nSPS) is 10.9. The maximum absolute atomic E-state index is 13.4. The van der Waals surface area contributed by atoms with E-state index in [1.165, 1.54) is 6.07 Å². The van der Waals surface area contributed by atoms with E-state index in [1.54, 1.807) is 12.1 Å². The number of hydrogen-bond donors (Lipinski definition) is 1. The summed E-state index contributed by atoms with van der Waals surface area (Å²) in [5, 5.41) is 11.1. The van der Waals surface area contributed by atoms with E-state index in [0.29, 0.717) is 12.5 Å². The molecule has 1 heterocycles. The molecule has 2 rings (SSSR count). The van der Waals surface area contributed by atoms with Crippen molar-refractivity contribution in [1.82, 2.24) is 15.5 Å². The van der Waals surface area contributed by atoms with Gasteiger partial charge in [0.2, 0.25) is 5.88 Å². The molecule has 1 aromatic carbocycles. The van der Waals surface area contributed by atoms with Gasteiger partial charge in [-0.15, -0.1) is 5.10 Å². The van der Waals surface area contributed by atoms with Gasteiger partial charge in [0.1, 0.15) is 5.82 Å². The molecule has 112 valence electrons. The molecule has 0 aliphatic rings. The highest BCUT2D eigenvalue weighted by Gasteiger charge is 2.07. The third kappa shape index (κ3) is 4.75. The molecule has 6 heteroatoms. The van der Waals surface area contributed by atoms with Crippen LogP contribution in [0.2, 0.25) is 0 Å². The number of hydrogen-bond acceptors (Lipinski definition) is 4. The SMILES string of the molecule is CC(C)CNCc1ccc(Oc2ccc(F)cc2F)nn1. The monoisotopic (exact) mass is 293 g/mol. The summed E-state index contributed by atoms with van der Waals surface area (Å²) in [6.07, 6.45) is 0. The first-order chi connectivity index (χ1) is 10.0. The minimum Gasteiger partial charge on any atom is -0.434 e. The van der Waals surface area contributed by atoms with Crippen molar-refractivity contribution >= 4 is 0 Å². The zero-order chi connectivity index (χ0) is 15.2. The van der Waals surface area contributed by atoms with Crippen molar-refractivity contribution in [3.8, 4) is 11.6 Å². The lowest BCUT2D eigenvalue weighted by Crippen LogP contribution is -2.19. The van der Waals surface area contributed by atoms with Gasteiger partial charge in [0.05, 0.1) is 5.69 Å². The number of rotatable bonds is 6. The summed E-state index contributed by atoms with van der Waals surface area (Å²) in [4.78, 5) is 0. The first-order valence-corrected chi connectivity index (χ1v) is 6.71. The van der Waals surface area contributed by atoms with Gasteiger partial charge in [0, 0.05) is 18.7 Å². The van der Waals surface area contributed by atoms with Gasteiger partial charge in [-0.25, -0.2) is 8.78 Å². The van der Waals surface area contributed by atoms with Crippen LogP contribution in [0.15, 0.2) is 30.3 Å². The van der Waals surface area contributed by atoms with Gasteiger partial charge in [-0.05, 0) is 30.7 Å². The quantitative estimate of drug-likeness (QED) is 0.887. The Morgan fingerprint density at radius 2 is 1.95 bits per heavy atom. The van der Waals surface area contributed by atoms with Crippen molar-refractivity contribution in [3.63, 3.8) is 0 Å². The first-order valence-electron chi connectivity index (χ1n) is 6.71. The van der Waals surface area contributed by atoms with Gasteiger partial charge in [-0.1, -0.05) is 13.8 Å². The smallest absolute Gasteiger partial charge is 0.239 e. The summed E-state index contributed by atoms with van der Waals surface area (Å²) in [5.41, 5.74) is 0.766. The molecule has 0 aliphatic heterocycles. The van der Waals surface area contributed by atoms with Crippen LogP contribution >= 0.6 is 0 Å². The summed E-state index contributed by atoms with van der Waals surface area (Å²) in [7, 11) is 0. The molecule has 21 heavy (non-hydrogen) atoms. The zero-order valence-electron chi connectivity index (χ0n) is 11.9. The minimum absolute atomic E-state index is 0.0867. The molecule has 1 N–H and O–H groups in total. The van der Waals surface area contributed by atoms with E-state index in [0.717, 1.165) is 24.4 Å². The number of ether oxygens (including phenoxy) is 1. The predicted octanol–water partition coefficient (Wildman–Crippen LogP) is 3.29. The lowest BCUT2D eigenvalue weighted by atomic mass is 10.2. The van der Waals surface area contributed by atoms with E-state index < -0.39 is 11.6 Å². The Morgan fingerprint density at radius 3 is 2.57 bits per heavy atom. The lowest BCUT2D eigenvalue weighted by molar-refractivity contribution is 0.417. The van der Waals surface area contributed by atoms with Crippen LogP contribution < -0.4 is 10.1 Å².